The molecule has 2 heterocycles. The van der Waals surface area contributed by atoms with Crippen LogP contribution in [0.15, 0.2) is 24.3 Å². The van der Waals surface area contributed by atoms with Crippen molar-refractivity contribution in [1.29, 1.82) is 0 Å². The van der Waals surface area contributed by atoms with Crippen molar-refractivity contribution in [3.05, 3.63) is 24.3 Å². The number of carbonyl (C=O) groups excluding carboxylic acids is 3. The van der Waals surface area contributed by atoms with Crippen LogP contribution in [0.2, 0.25) is 0 Å². The van der Waals surface area contributed by atoms with Gasteiger partial charge >= 0.3 is 12.1 Å². The summed E-state index contributed by atoms with van der Waals surface area (Å²) >= 11 is 0. The predicted octanol–water partition coefficient (Wildman–Crippen LogP) is 0.333. The van der Waals surface area contributed by atoms with Crippen LogP contribution in [-0.2, 0) is 19.2 Å². The molecule has 2 atom stereocenters. The van der Waals surface area contributed by atoms with Gasteiger partial charge in [-0.25, -0.2) is 15.1 Å². The molecule has 0 aliphatic carbocycles. The van der Waals surface area contributed by atoms with Gasteiger partial charge in [-0.1, -0.05) is 12.2 Å². The molecule has 10 heteroatoms. The lowest BCUT2D eigenvalue weighted by Gasteiger charge is -2.28. The maximum absolute atomic E-state index is 12.4. The number of nitrogens with zero attached hydrogens (tertiary/aromatic N) is 2. The van der Waals surface area contributed by atoms with E-state index in [1.165, 1.54) is 9.96 Å². The number of rotatable bonds is 9. The summed E-state index contributed by atoms with van der Waals surface area (Å²) in [7, 11) is 0. The fourth-order valence-electron chi connectivity index (χ4n) is 2.80. The van der Waals surface area contributed by atoms with Crippen molar-refractivity contribution in [2.24, 2.45) is 0 Å². The van der Waals surface area contributed by atoms with Crippen LogP contribution in [0.25, 0.3) is 0 Å². The third-order valence-corrected chi connectivity index (χ3v) is 3.82. The molecular formula is C16H24N4O6. The van der Waals surface area contributed by atoms with Gasteiger partial charge < -0.3 is 15.0 Å². The molecule has 0 aromatic rings. The zero-order valence-electron chi connectivity index (χ0n) is 14.9. The quantitative estimate of drug-likeness (QED) is 0.345. The molecule has 0 spiro atoms. The molecule has 144 valence electrons. The van der Waals surface area contributed by atoms with Gasteiger partial charge in [0, 0.05) is 6.54 Å². The van der Waals surface area contributed by atoms with Gasteiger partial charge in [-0.2, -0.15) is 5.06 Å². The van der Waals surface area contributed by atoms with Crippen molar-refractivity contribution in [3.8, 4) is 0 Å². The zero-order valence-corrected chi connectivity index (χ0v) is 14.9. The third kappa shape index (κ3) is 4.52. The highest BCUT2D eigenvalue weighted by atomic mass is 16.7. The van der Waals surface area contributed by atoms with Crippen molar-refractivity contribution in [2.75, 3.05) is 32.9 Å². The molecular weight excluding hydrogens is 344 g/mol. The molecule has 0 unspecified atom stereocenters. The van der Waals surface area contributed by atoms with Crippen LogP contribution in [0.1, 0.15) is 13.8 Å². The molecule has 0 radical (unpaired) electrons. The molecule has 2 N–H and O–H groups in total. The minimum atomic E-state index is -0.769. The molecule has 2 bridgehead atoms. The molecule has 0 saturated carbocycles. The SMILES string of the molecule is C=CCON1C(=O)N2C[C@H]1C=C(C)[C@H]2C(=O)NOCCNC(=O)OCC. The number of fused-ring (bicyclic) bond motifs is 2. The molecule has 0 aromatic carbocycles. The fraction of sp³-hybridized carbons (Fsp3) is 0.562. The van der Waals surface area contributed by atoms with E-state index in [4.69, 9.17) is 14.4 Å². The number of ether oxygens (including phenoxy) is 1. The van der Waals surface area contributed by atoms with Gasteiger partial charge in [0.1, 0.15) is 6.04 Å². The van der Waals surface area contributed by atoms with Crippen molar-refractivity contribution in [2.45, 2.75) is 25.9 Å². The summed E-state index contributed by atoms with van der Waals surface area (Å²) in [6.07, 6.45) is 2.82. The molecule has 4 amide bonds. The van der Waals surface area contributed by atoms with Crippen LogP contribution < -0.4 is 10.8 Å². The summed E-state index contributed by atoms with van der Waals surface area (Å²) in [5.74, 6) is -0.466. The van der Waals surface area contributed by atoms with E-state index in [2.05, 4.69) is 17.4 Å². The Kier molecular flexibility index (Phi) is 6.98. The highest BCUT2D eigenvalue weighted by molar-refractivity contribution is 5.91. The molecule has 10 nitrogen and oxygen atoms in total. The van der Waals surface area contributed by atoms with Gasteiger partial charge in [-0.3, -0.25) is 14.5 Å². The molecule has 2 rings (SSSR count). The molecule has 1 saturated heterocycles. The first-order valence-corrected chi connectivity index (χ1v) is 8.33. The summed E-state index contributed by atoms with van der Waals surface area (Å²) in [5, 5.41) is 3.71. The van der Waals surface area contributed by atoms with E-state index >= 15 is 0 Å². The van der Waals surface area contributed by atoms with Crippen molar-refractivity contribution in [1.82, 2.24) is 20.8 Å². The average Bonchev–Trinajstić information content (AvgIpc) is 2.84. The van der Waals surface area contributed by atoms with E-state index in [1.807, 2.05) is 6.08 Å². The largest absolute Gasteiger partial charge is 0.450 e. The van der Waals surface area contributed by atoms with Gasteiger partial charge in [-0.15, -0.1) is 6.58 Å². The Morgan fingerprint density at radius 3 is 2.92 bits per heavy atom. The Morgan fingerprint density at radius 1 is 1.46 bits per heavy atom. The molecule has 26 heavy (non-hydrogen) atoms. The average molecular weight is 368 g/mol. The van der Waals surface area contributed by atoms with Gasteiger partial charge in [0.25, 0.3) is 5.91 Å². The standard InChI is InChI=1S/C16H24N4O6/c1-4-7-26-20-12-9-11(3)13(19(10-12)16(20)23)14(21)18-25-8-6-17-15(22)24-5-2/h4,9,12-13H,1,5-8,10H2,2-3H3,(H,17,22)(H,18,21)/t12-,13+/m1/s1. The minimum Gasteiger partial charge on any atom is -0.450 e. The Hall–Kier alpha value is -2.59. The number of amides is 4. The first kappa shape index (κ1) is 19.7. The Labute approximate surface area is 151 Å². The van der Waals surface area contributed by atoms with Crippen LogP contribution in [-0.4, -0.2) is 73.0 Å². The maximum atomic E-state index is 12.4. The summed E-state index contributed by atoms with van der Waals surface area (Å²) in [5.41, 5.74) is 3.04. The number of urea groups is 1. The summed E-state index contributed by atoms with van der Waals surface area (Å²) in [6.45, 7) is 8.09. The Morgan fingerprint density at radius 2 is 2.23 bits per heavy atom. The smallest absolute Gasteiger partial charge is 0.407 e. The number of alkyl carbamates (subject to hydrolysis) is 1. The van der Waals surface area contributed by atoms with E-state index in [9.17, 15) is 14.4 Å². The lowest BCUT2D eigenvalue weighted by atomic mass is 10.0. The first-order chi connectivity index (χ1) is 12.5. The van der Waals surface area contributed by atoms with Crippen molar-refractivity contribution in [3.63, 3.8) is 0 Å². The normalized spacial score (nSPS) is 21.3. The van der Waals surface area contributed by atoms with Crippen LogP contribution in [0, 0.1) is 0 Å². The minimum absolute atomic E-state index is 0.0607. The van der Waals surface area contributed by atoms with E-state index in [1.54, 1.807) is 19.9 Å². The van der Waals surface area contributed by atoms with Crippen LogP contribution >= 0.6 is 0 Å². The Balaban J connectivity index is 1.83. The number of hydroxylamine groups is 3. The zero-order chi connectivity index (χ0) is 19.1. The number of carbonyl (C=O) groups is 3. The lowest BCUT2D eigenvalue weighted by molar-refractivity contribution is -0.136. The molecule has 1 fully saturated rings. The van der Waals surface area contributed by atoms with Crippen molar-refractivity contribution >= 4 is 18.0 Å². The molecule has 0 aromatic heterocycles. The summed E-state index contributed by atoms with van der Waals surface area (Å²) in [6, 6.07) is -1.38. The number of hydrogen-bond acceptors (Lipinski definition) is 6. The van der Waals surface area contributed by atoms with Crippen LogP contribution in [0.5, 0.6) is 0 Å². The van der Waals surface area contributed by atoms with Gasteiger partial charge in [0.05, 0.1) is 32.4 Å². The predicted molar refractivity (Wildman–Crippen MR) is 90.5 cm³/mol. The van der Waals surface area contributed by atoms with Gasteiger partial charge in [0.15, 0.2) is 0 Å². The molecule has 2 aliphatic heterocycles. The monoisotopic (exact) mass is 368 g/mol. The van der Waals surface area contributed by atoms with Gasteiger partial charge in [-0.05, 0) is 19.4 Å². The third-order valence-electron chi connectivity index (χ3n) is 3.82. The highest BCUT2D eigenvalue weighted by Gasteiger charge is 2.47. The second-order valence-electron chi connectivity index (χ2n) is 5.69. The fourth-order valence-corrected chi connectivity index (χ4v) is 2.80. The number of hydrogen-bond donors (Lipinski definition) is 2. The first-order valence-electron chi connectivity index (χ1n) is 8.33. The second-order valence-corrected chi connectivity index (χ2v) is 5.69. The topological polar surface area (TPSA) is 109 Å². The van der Waals surface area contributed by atoms with E-state index < -0.39 is 18.0 Å². The second kappa shape index (κ2) is 9.20. The Bertz CT molecular complexity index is 593. The van der Waals surface area contributed by atoms with Crippen LogP contribution in [0.3, 0.4) is 0 Å². The van der Waals surface area contributed by atoms with E-state index in [0.29, 0.717) is 6.54 Å². The number of nitrogens with one attached hydrogen (secondary N) is 2. The van der Waals surface area contributed by atoms with Crippen LogP contribution in [0.4, 0.5) is 9.59 Å². The summed E-state index contributed by atoms with van der Waals surface area (Å²) < 4.78 is 4.69. The lowest BCUT2D eigenvalue weighted by Crippen LogP contribution is -2.50. The highest BCUT2D eigenvalue weighted by Crippen LogP contribution is 2.29. The van der Waals surface area contributed by atoms with E-state index in [0.717, 1.165) is 5.57 Å². The molecule has 2 aliphatic rings. The van der Waals surface area contributed by atoms with Crippen molar-refractivity contribution < 1.29 is 28.8 Å². The summed E-state index contributed by atoms with van der Waals surface area (Å²) in [4.78, 5) is 47.8. The van der Waals surface area contributed by atoms with E-state index in [-0.39, 0.29) is 38.4 Å². The van der Waals surface area contributed by atoms with Gasteiger partial charge in [0.2, 0.25) is 0 Å². The maximum Gasteiger partial charge on any atom is 0.407 e.